The first kappa shape index (κ1) is 11.1. The minimum atomic E-state index is -0.109. The molecule has 2 aliphatic rings. The molecule has 3 heterocycles. The largest absolute Gasteiger partial charge is 0.373 e. The standard InChI is InChI=1S/C11H15N3O2S/c12-4-10-13-8(5-17-10)11(15)14-7-3-6-1-2-9(7)16-6/h5-7,9H,1-4,12H2,(H,14,15). The van der Waals surface area contributed by atoms with Crippen molar-refractivity contribution >= 4 is 17.2 Å². The van der Waals surface area contributed by atoms with Crippen molar-refractivity contribution in [2.24, 2.45) is 5.73 Å². The molecule has 0 aromatic carbocycles. The summed E-state index contributed by atoms with van der Waals surface area (Å²) < 4.78 is 5.70. The molecule has 0 saturated carbocycles. The Labute approximate surface area is 103 Å². The van der Waals surface area contributed by atoms with Gasteiger partial charge < -0.3 is 15.8 Å². The highest BCUT2D eigenvalue weighted by Gasteiger charge is 2.41. The Bertz CT molecular complexity index is 434. The van der Waals surface area contributed by atoms with Crippen LogP contribution in [-0.4, -0.2) is 29.1 Å². The Hall–Kier alpha value is -0.980. The van der Waals surface area contributed by atoms with E-state index >= 15 is 0 Å². The van der Waals surface area contributed by atoms with Crippen molar-refractivity contribution in [3.05, 3.63) is 16.1 Å². The summed E-state index contributed by atoms with van der Waals surface area (Å²) in [4.78, 5) is 16.1. The number of rotatable bonds is 3. The molecule has 1 aromatic rings. The number of nitrogens with one attached hydrogen (secondary N) is 1. The molecule has 6 heteroatoms. The fourth-order valence-electron chi connectivity index (χ4n) is 2.54. The molecule has 2 aliphatic heterocycles. The Morgan fingerprint density at radius 2 is 2.53 bits per heavy atom. The molecule has 92 valence electrons. The van der Waals surface area contributed by atoms with Crippen LogP contribution >= 0.6 is 11.3 Å². The van der Waals surface area contributed by atoms with Crippen LogP contribution in [0, 0.1) is 0 Å². The van der Waals surface area contributed by atoms with Gasteiger partial charge in [0.2, 0.25) is 0 Å². The Balaban J connectivity index is 1.63. The van der Waals surface area contributed by atoms with Crippen molar-refractivity contribution in [3.63, 3.8) is 0 Å². The van der Waals surface area contributed by atoms with E-state index in [2.05, 4.69) is 10.3 Å². The second-order valence-corrected chi connectivity index (χ2v) is 5.46. The molecule has 3 atom stereocenters. The molecule has 5 nitrogen and oxygen atoms in total. The average molecular weight is 253 g/mol. The lowest BCUT2D eigenvalue weighted by molar-refractivity contribution is 0.0838. The molecule has 0 radical (unpaired) electrons. The van der Waals surface area contributed by atoms with Crippen LogP contribution in [0.1, 0.15) is 34.8 Å². The molecule has 0 aliphatic carbocycles. The van der Waals surface area contributed by atoms with Crippen LogP contribution < -0.4 is 11.1 Å². The van der Waals surface area contributed by atoms with E-state index in [-0.39, 0.29) is 18.1 Å². The van der Waals surface area contributed by atoms with E-state index in [4.69, 9.17) is 10.5 Å². The monoisotopic (exact) mass is 253 g/mol. The number of thiazole rings is 1. The van der Waals surface area contributed by atoms with Crippen LogP contribution in [0.4, 0.5) is 0 Å². The number of hydrogen-bond acceptors (Lipinski definition) is 5. The molecular weight excluding hydrogens is 238 g/mol. The quantitative estimate of drug-likeness (QED) is 0.829. The van der Waals surface area contributed by atoms with E-state index in [9.17, 15) is 4.79 Å². The van der Waals surface area contributed by atoms with E-state index < -0.39 is 0 Å². The maximum atomic E-state index is 11.9. The highest BCUT2D eigenvalue weighted by atomic mass is 32.1. The van der Waals surface area contributed by atoms with Gasteiger partial charge in [-0.2, -0.15) is 0 Å². The summed E-state index contributed by atoms with van der Waals surface area (Å²) in [5.41, 5.74) is 5.94. The molecule has 3 rings (SSSR count). The van der Waals surface area contributed by atoms with Gasteiger partial charge in [0.05, 0.1) is 18.2 Å². The van der Waals surface area contributed by atoms with Gasteiger partial charge in [-0.15, -0.1) is 11.3 Å². The normalized spacial score (nSPS) is 30.8. The highest BCUT2D eigenvalue weighted by molar-refractivity contribution is 7.09. The summed E-state index contributed by atoms with van der Waals surface area (Å²) in [6, 6.07) is 0.157. The minimum absolute atomic E-state index is 0.109. The molecule has 2 saturated heterocycles. The van der Waals surface area contributed by atoms with Gasteiger partial charge in [0, 0.05) is 11.9 Å². The van der Waals surface area contributed by atoms with Crippen molar-refractivity contribution in [1.29, 1.82) is 0 Å². The Morgan fingerprint density at radius 1 is 1.65 bits per heavy atom. The number of carbonyl (C=O) groups excluding carboxylic acids is 1. The maximum Gasteiger partial charge on any atom is 0.271 e. The summed E-state index contributed by atoms with van der Waals surface area (Å²) in [7, 11) is 0. The van der Waals surface area contributed by atoms with Crippen molar-refractivity contribution in [2.75, 3.05) is 0 Å². The lowest BCUT2D eigenvalue weighted by Crippen LogP contribution is -2.41. The lowest BCUT2D eigenvalue weighted by Gasteiger charge is -2.19. The van der Waals surface area contributed by atoms with E-state index in [1.165, 1.54) is 11.3 Å². The number of fused-ring (bicyclic) bond motifs is 2. The molecule has 17 heavy (non-hydrogen) atoms. The molecular formula is C11H15N3O2S. The number of hydrogen-bond donors (Lipinski definition) is 2. The zero-order chi connectivity index (χ0) is 11.8. The summed E-state index contributed by atoms with van der Waals surface area (Å²) in [5, 5.41) is 5.55. The summed E-state index contributed by atoms with van der Waals surface area (Å²) in [6.07, 6.45) is 3.67. The van der Waals surface area contributed by atoms with Crippen LogP contribution in [0.25, 0.3) is 0 Å². The number of aromatic nitrogens is 1. The third-order valence-corrected chi connectivity index (χ3v) is 4.25. The van der Waals surface area contributed by atoms with E-state index in [0.29, 0.717) is 18.3 Å². The maximum absolute atomic E-state index is 11.9. The Morgan fingerprint density at radius 3 is 3.12 bits per heavy atom. The first-order valence-electron chi connectivity index (χ1n) is 5.87. The second-order valence-electron chi connectivity index (χ2n) is 4.52. The average Bonchev–Trinajstić information content (AvgIpc) is 3.04. The van der Waals surface area contributed by atoms with Gasteiger partial charge in [0.1, 0.15) is 10.7 Å². The van der Waals surface area contributed by atoms with E-state index in [0.717, 1.165) is 24.3 Å². The van der Waals surface area contributed by atoms with Crippen LogP contribution in [0.2, 0.25) is 0 Å². The van der Waals surface area contributed by atoms with E-state index in [1.807, 2.05) is 0 Å². The molecule has 2 bridgehead atoms. The molecule has 1 amide bonds. The first-order chi connectivity index (χ1) is 8.26. The predicted octanol–water partition coefficient (Wildman–Crippen LogP) is 0.651. The van der Waals surface area contributed by atoms with Gasteiger partial charge >= 0.3 is 0 Å². The smallest absolute Gasteiger partial charge is 0.271 e. The predicted molar refractivity (Wildman–Crippen MR) is 63.8 cm³/mol. The van der Waals surface area contributed by atoms with Crippen LogP contribution in [-0.2, 0) is 11.3 Å². The molecule has 1 aromatic heterocycles. The van der Waals surface area contributed by atoms with Gasteiger partial charge in [-0.3, -0.25) is 4.79 Å². The first-order valence-corrected chi connectivity index (χ1v) is 6.75. The zero-order valence-corrected chi connectivity index (χ0v) is 10.2. The third kappa shape index (κ3) is 2.08. The van der Waals surface area contributed by atoms with Gasteiger partial charge in [-0.25, -0.2) is 4.98 Å². The van der Waals surface area contributed by atoms with Crippen molar-refractivity contribution in [1.82, 2.24) is 10.3 Å². The van der Waals surface area contributed by atoms with E-state index in [1.54, 1.807) is 5.38 Å². The molecule has 3 N–H and O–H groups in total. The number of ether oxygens (including phenoxy) is 1. The van der Waals surface area contributed by atoms with Crippen molar-refractivity contribution < 1.29 is 9.53 Å². The van der Waals surface area contributed by atoms with Gasteiger partial charge in [0.25, 0.3) is 5.91 Å². The topological polar surface area (TPSA) is 77.2 Å². The van der Waals surface area contributed by atoms with Gasteiger partial charge in [-0.05, 0) is 19.3 Å². The summed E-state index contributed by atoms with van der Waals surface area (Å²) >= 11 is 1.42. The second kappa shape index (κ2) is 4.36. The van der Waals surface area contributed by atoms with Crippen molar-refractivity contribution in [2.45, 2.75) is 44.1 Å². The molecule has 3 unspecified atom stereocenters. The fraction of sp³-hybridized carbons (Fsp3) is 0.636. The highest BCUT2D eigenvalue weighted by Crippen LogP contribution is 2.34. The number of nitrogens with zero attached hydrogens (tertiary/aromatic N) is 1. The SMILES string of the molecule is NCc1nc(C(=O)NC2CC3CCC2O3)cs1. The van der Waals surface area contributed by atoms with Crippen LogP contribution in [0.15, 0.2) is 5.38 Å². The molecule has 2 fully saturated rings. The van der Waals surface area contributed by atoms with Crippen LogP contribution in [0.5, 0.6) is 0 Å². The zero-order valence-electron chi connectivity index (χ0n) is 9.39. The third-order valence-electron chi connectivity index (χ3n) is 3.38. The minimum Gasteiger partial charge on any atom is -0.373 e. The fourth-order valence-corrected chi connectivity index (χ4v) is 3.20. The number of nitrogens with two attached hydrogens (primary N) is 1. The number of carbonyl (C=O) groups is 1. The van der Waals surface area contributed by atoms with Crippen molar-refractivity contribution in [3.8, 4) is 0 Å². The summed E-state index contributed by atoms with van der Waals surface area (Å²) in [6.45, 7) is 0.384. The van der Waals surface area contributed by atoms with Gasteiger partial charge in [-0.1, -0.05) is 0 Å². The number of amides is 1. The van der Waals surface area contributed by atoms with Crippen LogP contribution in [0.3, 0.4) is 0 Å². The molecule has 0 spiro atoms. The Kier molecular flexibility index (Phi) is 2.85. The summed E-state index contributed by atoms with van der Waals surface area (Å²) in [5.74, 6) is -0.109. The lowest BCUT2D eigenvalue weighted by atomic mass is 9.95. The van der Waals surface area contributed by atoms with Gasteiger partial charge in [0.15, 0.2) is 0 Å².